The van der Waals surface area contributed by atoms with Crippen LogP contribution in [0.1, 0.15) is 48.7 Å². The number of fused-ring (bicyclic) bond motifs is 1. The van der Waals surface area contributed by atoms with Crippen molar-refractivity contribution in [3.8, 4) is 6.07 Å². The highest BCUT2D eigenvalue weighted by Crippen LogP contribution is 2.27. The first-order valence-corrected chi connectivity index (χ1v) is 8.69. The van der Waals surface area contributed by atoms with Gasteiger partial charge in [-0.25, -0.2) is 15.0 Å². The van der Waals surface area contributed by atoms with E-state index in [0.717, 1.165) is 29.4 Å². The molecule has 6 nitrogen and oxygen atoms in total. The Kier molecular flexibility index (Phi) is 4.06. The van der Waals surface area contributed by atoms with Crippen molar-refractivity contribution in [3.05, 3.63) is 47.5 Å². The van der Waals surface area contributed by atoms with Crippen LogP contribution in [0.5, 0.6) is 0 Å². The monoisotopic (exact) mass is 332 g/mol. The Bertz CT molecular complexity index is 899. The minimum Gasteiger partial charge on any atom is -0.351 e. The van der Waals surface area contributed by atoms with E-state index in [-0.39, 0.29) is 0 Å². The van der Waals surface area contributed by atoms with Gasteiger partial charge in [-0.2, -0.15) is 5.26 Å². The molecule has 1 aliphatic carbocycles. The molecule has 0 amide bonds. The van der Waals surface area contributed by atoms with Gasteiger partial charge in [0.15, 0.2) is 0 Å². The molecule has 6 heteroatoms. The zero-order chi connectivity index (χ0) is 17.2. The summed E-state index contributed by atoms with van der Waals surface area (Å²) in [6, 6.07) is 10.6. The third kappa shape index (κ3) is 3.05. The first kappa shape index (κ1) is 15.6. The fourth-order valence-corrected chi connectivity index (χ4v) is 3.43. The van der Waals surface area contributed by atoms with E-state index in [0.29, 0.717) is 23.5 Å². The molecule has 0 aliphatic heterocycles. The third-order valence-electron chi connectivity index (χ3n) is 4.78. The topological polar surface area (TPSA) is 90.3 Å². The number of rotatable bonds is 4. The predicted molar refractivity (Wildman–Crippen MR) is 96.2 cm³/mol. The Morgan fingerprint density at radius 3 is 2.80 bits per heavy atom. The quantitative estimate of drug-likeness (QED) is 0.760. The lowest BCUT2D eigenvalue weighted by Gasteiger charge is -2.15. The lowest BCUT2D eigenvalue weighted by atomic mass is 10.0. The number of para-hydroxylation sites is 2. The number of aryl methyl sites for hydroxylation is 1. The van der Waals surface area contributed by atoms with Gasteiger partial charge in [0.25, 0.3) is 0 Å². The van der Waals surface area contributed by atoms with Crippen LogP contribution in [-0.4, -0.2) is 26.0 Å². The van der Waals surface area contributed by atoms with Crippen molar-refractivity contribution in [2.75, 3.05) is 5.32 Å². The molecule has 0 spiro atoms. The lowest BCUT2D eigenvalue weighted by molar-refractivity contribution is 0.739. The van der Waals surface area contributed by atoms with Crippen molar-refractivity contribution >= 4 is 17.0 Å². The van der Waals surface area contributed by atoms with Crippen LogP contribution in [0.15, 0.2) is 30.5 Å². The van der Waals surface area contributed by atoms with E-state index >= 15 is 0 Å². The molecule has 1 atom stereocenters. The molecular formula is C19H20N6. The van der Waals surface area contributed by atoms with Gasteiger partial charge in [0.05, 0.1) is 22.8 Å². The fraction of sp³-hybridized carbons (Fsp3) is 0.368. The van der Waals surface area contributed by atoms with E-state index in [4.69, 9.17) is 0 Å². The Balaban J connectivity index is 1.69. The maximum atomic E-state index is 9.77. The Morgan fingerprint density at radius 1 is 1.24 bits per heavy atom. The molecule has 3 aromatic rings. The van der Waals surface area contributed by atoms with Crippen LogP contribution in [-0.2, 0) is 0 Å². The normalized spacial score (nSPS) is 16.0. The van der Waals surface area contributed by atoms with Gasteiger partial charge in [-0.1, -0.05) is 25.0 Å². The van der Waals surface area contributed by atoms with Gasteiger partial charge < -0.3 is 10.3 Å². The number of hydrogen-bond donors (Lipinski definition) is 2. The molecule has 1 aromatic carbocycles. The van der Waals surface area contributed by atoms with Crippen LogP contribution in [0.4, 0.5) is 5.95 Å². The van der Waals surface area contributed by atoms with Gasteiger partial charge >= 0.3 is 0 Å². The fourth-order valence-electron chi connectivity index (χ4n) is 3.43. The van der Waals surface area contributed by atoms with E-state index in [1.165, 1.54) is 12.8 Å². The minimum atomic E-state index is -0.542. The summed E-state index contributed by atoms with van der Waals surface area (Å²) in [7, 11) is 0. The number of hydrogen-bond acceptors (Lipinski definition) is 5. The number of nitrogens with zero attached hydrogens (tertiary/aromatic N) is 4. The summed E-state index contributed by atoms with van der Waals surface area (Å²) in [4.78, 5) is 16.9. The molecule has 2 N–H and O–H groups in total. The van der Waals surface area contributed by atoms with Crippen LogP contribution in [0, 0.1) is 18.3 Å². The van der Waals surface area contributed by atoms with Crippen LogP contribution in [0.3, 0.4) is 0 Å². The highest BCUT2D eigenvalue weighted by molar-refractivity contribution is 5.75. The van der Waals surface area contributed by atoms with Crippen molar-refractivity contribution in [2.24, 2.45) is 0 Å². The van der Waals surface area contributed by atoms with E-state index in [2.05, 4.69) is 31.3 Å². The first-order chi connectivity index (χ1) is 12.2. The summed E-state index contributed by atoms with van der Waals surface area (Å²) in [5.74, 6) is 0.681. The van der Waals surface area contributed by atoms with Gasteiger partial charge in [-0.15, -0.1) is 0 Å². The smallest absolute Gasteiger partial charge is 0.223 e. The summed E-state index contributed by atoms with van der Waals surface area (Å²) in [6.07, 6.45) is 6.58. The molecule has 25 heavy (non-hydrogen) atoms. The average molecular weight is 332 g/mol. The van der Waals surface area contributed by atoms with Crippen molar-refractivity contribution in [1.82, 2.24) is 19.9 Å². The van der Waals surface area contributed by atoms with E-state index in [1.54, 1.807) is 6.20 Å². The number of aromatic nitrogens is 4. The van der Waals surface area contributed by atoms with Crippen molar-refractivity contribution in [1.29, 1.82) is 5.26 Å². The molecule has 2 heterocycles. The standard InChI is InChI=1S/C19H20N6/c1-12-11-21-19(22-13-6-2-3-7-13)25-17(12)14(10-20)18-23-15-8-4-5-9-16(15)24-18/h4-5,8-9,11,13-14H,2-3,6-7H2,1H3,(H,23,24)(H,21,22,25). The number of H-pyrrole nitrogens is 1. The number of nitriles is 1. The Morgan fingerprint density at radius 2 is 2.04 bits per heavy atom. The maximum absolute atomic E-state index is 9.77. The van der Waals surface area contributed by atoms with E-state index < -0.39 is 5.92 Å². The molecule has 1 fully saturated rings. The summed E-state index contributed by atoms with van der Waals surface area (Å²) in [6.45, 7) is 1.93. The van der Waals surface area contributed by atoms with Crippen molar-refractivity contribution < 1.29 is 0 Å². The van der Waals surface area contributed by atoms with Gasteiger partial charge in [-0.05, 0) is 37.5 Å². The number of nitrogens with one attached hydrogen (secondary N) is 2. The SMILES string of the molecule is Cc1cnc(NC2CCCC2)nc1C(C#N)c1nc2ccccc2[nH]1. The molecule has 0 bridgehead atoms. The zero-order valence-corrected chi connectivity index (χ0v) is 14.2. The van der Waals surface area contributed by atoms with Gasteiger partial charge in [0.1, 0.15) is 11.7 Å². The van der Waals surface area contributed by atoms with Crippen molar-refractivity contribution in [2.45, 2.75) is 44.6 Å². The minimum absolute atomic E-state index is 0.433. The maximum Gasteiger partial charge on any atom is 0.223 e. The second-order valence-corrected chi connectivity index (χ2v) is 6.59. The Labute approximate surface area is 146 Å². The van der Waals surface area contributed by atoms with E-state index in [9.17, 15) is 5.26 Å². The number of benzene rings is 1. The van der Waals surface area contributed by atoms with Crippen LogP contribution in [0.2, 0.25) is 0 Å². The van der Waals surface area contributed by atoms with Crippen LogP contribution in [0.25, 0.3) is 11.0 Å². The highest BCUT2D eigenvalue weighted by atomic mass is 15.1. The summed E-state index contributed by atoms with van der Waals surface area (Å²) in [5.41, 5.74) is 3.38. The van der Waals surface area contributed by atoms with Crippen molar-refractivity contribution in [3.63, 3.8) is 0 Å². The zero-order valence-electron chi connectivity index (χ0n) is 14.2. The second kappa shape index (κ2) is 6.52. The molecule has 2 aromatic heterocycles. The van der Waals surface area contributed by atoms with Crippen LogP contribution >= 0.6 is 0 Å². The predicted octanol–water partition coefficient (Wildman–Crippen LogP) is 3.67. The largest absolute Gasteiger partial charge is 0.351 e. The van der Waals surface area contributed by atoms with E-state index in [1.807, 2.05) is 31.2 Å². The Hall–Kier alpha value is -2.94. The number of imidazole rings is 1. The molecular weight excluding hydrogens is 312 g/mol. The van der Waals surface area contributed by atoms with Crippen LogP contribution < -0.4 is 5.32 Å². The second-order valence-electron chi connectivity index (χ2n) is 6.59. The molecule has 1 saturated carbocycles. The van der Waals surface area contributed by atoms with Gasteiger partial charge in [0, 0.05) is 12.2 Å². The summed E-state index contributed by atoms with van der Waals surface area (Å²) >= 11 is 0. The highest BCUT2D eigenvalue weighted by Gasteiger charge is 2.23. The molecule has 0 radical (unpaired) electrons. The molecule has 1 unspecified atom stereocenters. The molecule has 126 valence electrons. The third-order valence-corrected chi connectivity index (χ3v) is 4.78. The molecule has 4 rings (SSSR count). The molecule has 0 saturated heterocycles. The lowest BCUT2D eigenvalue weighted by Crippen LogP contribution is -2.18. The number of anilines is 1. The summed E-state index contributed by atoms with van der Waals surface area (Å²) < 4.78 is 0. The average Bonchev–Trinajstić information content (AvgIpc) is 3.27. The number of aromatic amines is 1. The first-order valence-electron chi connectivity index (χ1n) is 8.69. The van der Waals surface area contributed by atoms with Gasteiger partial charge in [0.2, 0.25) is 5.95 Å². The molecule has 1 aliphatic rings. The van der Waals surface area contributed by atoms with Gasteiger partial charge in [-0.3, -0.25) is 0 Å². The summed E-state index contributed by atoms with van der Waals surface area (Å²) in [5, 5.41) is 13.2.